The number of hydrogen-bond acceptors (Lipinski definition) is 5. The van der Waals surface area contributed by atoms with E-state index in [1.54, 1.807) is 6.07 Å². The van der Waals surface area contributed by atoms with E-state index in [-0.39, 0.29) is 17.4 Å². The quantitative estimate of drug-likeness (QED) is 0.430. The Kier molecular flexibility index (Phi) is 4.24. The van der Waals surface area contributed by atoms with Gasteiger partial charge >= 0.3 is 0 Å². The number of phenols is 1. The van der Waals surface area contributed by atoms with Gasteiger partial charge in [0.15, 0.2) is 0 Å². The van der Waals surface area contributed by atoms with Crippen LogP contribution < -0.4 is 4.74 Å². The first-order valence-corrected chi connectivity index (χ1v) is 11.1. The number of phenolic OH excluding ortho intramolecular Hbond substituents is 1. The van der Waals surface area contributed by atoms with Gasteiger partial charge in [0.05, 0.1) is 0 Å². The molecule has 0 bridgehead atoms. The molecule has 1 N–H and O–H groups in total. The lowest BCUT2D eigenvalue weighted by atomic mass is 9.94. The predicted octanol–water partition coefficient (Wildman–Crippen LogP) is 5.97. The van der Waals surface area contributed by atoms with Gasteiger partial charge in [0.25, 0.3) is 0 Å². The highest BCUT2D eigenvalue weighted by Gasteiger charge is 2.49. The number of aromatic nitrogens is 1. The number of benzene rings is 3. The van der Waals surface area contributed by atoms with E-state index in [2.05, 4.69) is 42.2 Å². The molecule has 2 atom stereocenters. The second kappa shape index (κ2) is 7.07. The number of aromatic hydroxyl groups is 1. The summed E-state index contributed by atoms with van der Waals surface area (Å²) in [7, 11) is 0. The van der Waals surface area contributed by atoms with Gasteiger partial charge in [-0.2, -0.15) is 0 Å². The van der Waals surface area contributed by atoms with E-state index < -0.39 is 0 Å². The Morgan fingerprint density at radius 3 is 2.70 bits per heavy atom. The van der Waals surface area contributed by atoms with Crippen LogP contribution in [-0.4, -0.2) is 22.1 Å². The number of ether oxygens (including phenoxy) is 2. The summed E-state index contributed by atoms with van der Waals surface area (Å²) in [5, 5.41) is 11.2. The van der Waals surface area contributed by atoms with Crippen molar-refractivity contribution in [3.8, 4) is 17.4 Å². The molecule has 164 valence electrons. The molecule has 2 aliphatic rings. The number of aryl methyl sites for hydroxylation is 2. The van der Waals surface area contributed by atoms with Gasteiger partial charge in [-0.1, -0.05) is 24.3 Å². The van der Waals surface area contributed by atoms with Crippen LogP contribution in [-0.2, 0) is 16.7 Å². The maximum atomic E-state index is 10.3. The highest BCUT2D eigenvalue weighted by atomic mass is 16.5. The minimum atomic E-state index is -0.369. The van der Waals surface area contributed by atoms with Gasteiger partial charge < -0.3 is 14.6 Å². The van der Waals surface area contributed by atoms with E-state index in [1.165, 1.54) is 11.1 Å². The lowest BCUT2D eigenvalue weighted by molar-refractivity contribution is 0.162. The molecule has 0 spiro atoms. The van der Waals surface area contributed by atoms with Crippen LogP contribution in [0.4, 0.5) is 0 Å². The van der Waals surface area contributed by atoms with Crippen molar-refractivity contribution in [1.29, 1.82) is 0 Å². The van der Waals surface area contributed by atoms with Crippen LogP contribution in [0.1, 0.15) is 34.7 Å². The zero-order chi connectivity index (χ0) is 22.7. The van der Waals surface area contributed by atoms with Gasteiger partial charge in [-0.15, -0.1) is 0 Å². The molecular formula is C28H24N2O3. The highest BCUT2D eigenvalue weighted by Crippen LogP contribution is 2.46. The van der Waals surface area contributed by atoms with Crippen molar-refractivity contribution in [2.75, 3.05) is 0 Å². The maximum Gasteiger partial charge on any atom is 0.219 e. The van der Waals surface area contributed by atoms with Gasteiger partial charge in [0.2, 0.25) is 11.8 Å². The molecule has 0 amide bonds. The monoisotopic (exact) mass is 436 g/mol. The predicted molar refractivity (Wildman–Crippen MR) is 128 cm³/mol. The summed E-state index contributed by atoms with van der Waals surface area (Å²) >= 11 is 0. The SMILES string of the molecule is Cc1cc(Oc2ccc3cc(C)cc(O)c3n2)cc(C2=N[C@@]3(C)c4ccccc4C[C@H]3O2)c1. The minimum Gasteiger partial charge on any atom is -0.506 e. The van der Waals surface area contributed by atoms with E-state index in [9.17, 15) is 5.11 Å². The fourth-order valence-corrected chi connectivity index (χ4v) is 5.01. The molecule has 6 rings (SSSR count). The second-order valence-corrected chi connectivity index (χ2v) is 9.17. The average molecular weight is 437 g/mol. The smallest absolute Gasteiger partial charge is 0.219 e. The average Bonchev–Trinajstić information content (AvgIpc) is 3.24. The summed E-state index contributed by atoms with van der Waals surface area (Å²) < 4.78 is 12.4. The van der Waals surface area contributed by atoms with Gasteiger partial charge in [-0.05, 0) is 79.4 Å². The van der Waals surface area contributed by atoms with Crippen molar-refractivity contribution in [3.05, 3.63) is 94.5 Å². The fraction of sp³-hybridized carbons (Fsp3) is 0.214. The van der Waals surface area contributed by atoms with Crippen molar-refractivity contribution >= 4 is 16.8 Å². The summed E-state index contributed by atoms with van der Waals surface area (Å²) in [4.78, 5) is 9.55. The van der Waals surface area contributed by atoms with E-state index in [0.717, 1.165) is 28.5 Å². The summed E-state index contributed by atoms with van der Waals surface area (Å²) in [5.41, 5.74) is 5.61. The van der Waals surface area contributed by atoms with E-state index in [1.807, 2.05) is 44.2 Å². The van der Waals surface area contributed by atoms with E-state index >= 15 is 0 Å². The van der Waals surface area contributed by atoms with Crippen molar-refractivity contribution in [2.45, 2.75) is 38.8 Å². The van der Waals surface area contributed by atoms with Crippen LogP contribution in [0.25, 0.3) is 10.9 Å². The molecule has 2 heterocycles. The van der Waals surface area contributed by atoms with Crippen molar-refractivity contribution < 1.29 is 14.6 Å². The molecule has 1 aliphatic heterocycles. The third-order valence-corrected chi connectivity index (χ3v) is 6.59. The number of aliphatic imine (C=N–C) groups is 1. The van der Waals surface area contributed by atoms with Crippen LogP contribution >= 0.6 is 0 Å². The lowest BCUT2D eigenvalue weighted by Crippen LogP contribution is -2.27. The number of fused-ring (bicyclic) bond motifs is 4. The molecule has 33 heavy (non-hydrogen) atoms. The Bertz CT molecular complexity index is 1460. The molecule has 0 saturated heterocycles. The molecule has 1 aromatic heterocycles. The van der Waals surface area contributed by atoms with E-state index in [4.69, 9.17) is 14.5 Å². The lowest BCUT2D eigenvalue weighted by Gasteiger charge is -2.20. The van der Waals surface area contributed by atoms with Gasteiger partial charge in [0, 0.05) is 23.4 Å². The molecule has 4 aromatic rings. The molecule has 1 aliphatic carbocycles. The van der Waals surface area contributed by atoms with Crippen LogP contribution in [0.15, 0.2) is 71.7 Å². The standard InChI is InChI=1S/C28H24N2O3/c1-16-11-20(27-30-28(3)22-7-5-4-6-18(22)15-24(28)33-27)14-21(12-16)32-25-9-8-19-10-17(2)13-23(31)26(19)29-25/h4-14,24,31H,15H2,1-3H3/t24-,28+/m1/s1. The fourth-order valence-electron chi connectivity index (χ4n) is 5.01. The molecule has 0 saturated carbocycles. The molecule has 0 unspecified atom stereocenters. The van der Waals surface area contributed by atoms with Crippen LogP contribution in [0.3, 0.4) is 0 Å². The van der Waals surface area contributed by atoms with Crippen LogP contribution in [0.5, 0.6) is 17.4 Å². The Labute approximate surface area is 192 Å². The summed E-state index contributed by atoms with van der Waals surface area (Å²) in [6, 6.07) is 21.8. The Hall–Kier alpha value is -3.86. The maximum absolute atomic E-state index is 10.3. The van der Waals surface area contributed by atoms with Crippen molar-refractivity contribution in [2.24, 2.45) is 4.99 Å². The Morgan fingerprint density at radius 1 is 1.00 bits per heavy atom. The number of hydrogen-bond donors (Lipinski definition) is 1. The van der Waals surface area contributed by atoms with Crippen molar-refractivity contribution in [3.63, 3.8) is 0 Å². The van der Waals surface area contributed by atoms with Gasteiger partial charge in [0.1, 0.15) is 28.7 Å². The highest BCUT2D eigenvalue weighted by molar-refractivity contribution is 5.96. The van der Waals surface area contributed by atoms with Crippen LogP contribution in [0.2, 0.25) is 0 Å². The first-order chi connectivity index (χ1) is 15.9. The molecule has 5 heteroatoms. The normalized spacial score (nSPS) is 20.8. The topological polar surface area (TPSA) is 63.9 Å². The summed E-state index contributed by atoms with van der Waals surface area (Å²) in [6.07, 6.45) is 0.863. The third kappa shape index (κ3) is 3.23. The zero-order valence-electron chi connectivity index (χ0n) is 18.8. The molecule has 5 nitrogen and oxygen atoms in total. The largest absolute Gasteiger partial charge is 0.506 e. The molecule has 3 aromatic carbocycles. The molecule has 0 fully saturated rings. The van der Waals surface area contributed by atoms with Gasteiger partial charge in [-0.3, -0.25) is 0 Å². The Balaban J connectivity index is 1.34. The first kappa shape index (κ1) is 19.8. The number of rotatable bonds is 3. The first-order valence-electron chi connectivity index (χ1n) is 11.1. The van der Waals surface area contributed by atoms with E-state index in [0.29, 0.717) is 23.0 Å². The number of nitrogens with zero attached hydrogens (tertiary/aromatic N) is 2. The number of pyridine rings is 1. The summed E-state index contributed by atoms with van der Waals surface area (Å²) in [6.45, 7) is 6.11. The third-order valence-electron chi connectivity index (χ3n) is 6.59. The molecular weight excluding hydrogens is 412 g/mol. The van der Waals surface area contributed by atoms with Crippen molar-refractivity contribution in [1.82, 2.24) is 4.98 Å². The molecule has 0 radical (unpaired) electrons. The summed E-state index contributed by atoms with van der Waals surface area (Å²) in [5.74, 6) is 1.86. The van der Waals surface area contributed by atoms with Crippen LogP contribution in [0, 0.1) is 13.8 Å². The van der Waals surface area contributed by atoms with Gasteiger partial charge in [-0.25, -0.2) is 9.98 Å². The minimum absolute atomic E-state index is 0.00312. The second-order valence-electron chi connectivity index (χ2n) is 9.17. The Morgan fingerprint density at radius 2 is 1.82 bits per heavy atom. The zero-order valence-corrected chi connectivity index (χ0v) is 18.8.